The Hall–Kier alpha value is -1.35. The first-order chi connectivity index (χ1) is 10.3. The van der Waals surface area contributed by atoms with E-state index < -0.39 is 0 Å². The summed E-state index contributed by atoms with van der Waals surface area (Å²) in [5.41, 5.74) is 7.14. The molecule has 0 aliphatic heterocycles. The molecule has 1 aromatic carbocycles. The van der Waals surface area contributed by atoms with Crippen LogP contribution in [0.1, 0.15) is 44.1 Å². The lowest BCUT2D eigenvalue weighted by Gasteiger charge is -2.30. The van der Waals surface area contributed by atoms with Gasteiger partial charge in [-0.25, -0.2) is 0 Å². The molecule has 1 aliphatic carbocycles. The van der Waals surface area contributed by atoms with Crippen molar-refractivity contribution in [2.24, 2.45) is 17.6 Å². The summed E-state index contributed by atoms with van der Waals surface area (Å²) in [7, 11) is 0. The average Bonchev–Trinajstić information content (AvgIpc) is 2.54. The molecular formula is C18H28N2O. The number of hydrogen-bond acceptors (Lipinski definition) is 2. The zero-order valence-electron chi connectivity index (χ0n) is 12.9. The first-order valence-electron chi connectivity index (χ1n) is 8.30. The largest absolute Gasteiger partial charge is 0.356 e. The second-order valence-corrected chi connectivity index (χ2v) is 6.18. The second kappa shape index (κ2) is 8.83. The topological polar surface area (TPSA) is 55.1 Å². The van der Waals surface area contributed by atoms with E-state index in [0.29, 0.717) is 18.3 Å². The molecule has 0 saturated heterocycles. The maximum atomic E-state index is 11.9. The smallest absolute Gasteiger partial charge is 0.220 e. The minimum atomic E-state index is 0.187. The fraction of sp³-hybridized carbons (Fsp3) is 0.611. The minimum Gasteiger partial charge on any atom is -0.356 e. The summed E-state index contributed by atoms with van der Waals surface area (Å²) in [5.74, 6) is 1.37. The highest BCUT2D eigenvalue weighted by atomic mass is 16.1. The first kappa shape index (κ1) is 16.0. The molecule has 2 atom stereocenters. The van der Waals surface area contributed by atoms with Gasteiger partial charge in [-0.1, -0.05) is 43.2 Å². The number of nitrogens with one attached hydrogen (secondary N) is 1. The first-order valence-corrected chi connectivity index (χ1v) is 8.30. The maximum Gasteiger partial charge on any atom is 0.220 e. The molecule has 1 amide bonds. The molecule has 1 aromatic rings. The van der Waals surface area contributed by atoms with E-state index >= 15 is 0 Å². The molecule has 0 bridgehead atoms. The van der Waals surface area contributed by atoms with Gasteiger partial charge in [0.2, 0.25) is 5.91 Å². The number of carbonyl (C=O) groups excluding carboxylic acids is 1. The number of aryl methyl sites for hydroxylation is 1. The minimum absolute atomic E-state index is 0.187. The summed E-state index contributed by atoms with van der Waals surface area (Å²) in [6, 6.07) is 10.3. The van der Waals surface area contributed by atoms with Crippen LogP contribution in [0.2, 0.25) is 0 Å². The van der Waals surface area contributed by atoms with E-state index in [9.17, 15) is 4.79 Å². The van der Waals surface area contributed by atoms with Gasteiger partial charge >= 0.3 is 0 Å². The van der Waals surface area contributed by atoms with Crippen LogP contribution < -0.4 is 11.1 Å². The molecule has 2 unspecified atom stereocenters. The van der Waals surface area contributed by atoms with Crippen molar-refractivity contribution in [2.75, 3.05) is 13.1 Å². The van der Waals surface area contributed by atoms with E-state index in [2.05, 4.69) is 17.4 Å². The van der Waals surface area contributed by atoms with E-state index in [1.54, 1.807) is 0 Å². The summed E-state index contributed by atoms with van der Waals surface area (Å²) in [6.45, 7) is 1.57. The Morgan fingerprint density at radius 3 is 2.57 bits per heavy atom. The van der Waals surface area contributed by atoms with Crippen LogP contribution in [0.3, 0.4) is 0 Å². The number of rotatable bonds is 7. The van der Waals surface area contributed by atoms with Gasteiger partial charge in [0.1, 0.15) is 0 Å². The molecular weight excluding hydrogens is 260 g/mol. The number of benzene rings is 1. The monoisotopic (exact) mass is 288 g/mol. The van der Waals surface area contributed by atoms with Gasteiger partial charge in [-0.3, -0.25) is 4.79 Å². The van der Waals surface area contributed by atoms with Crippen LogP contribution in [0, 0.1) is 11.8 Å². The second-order valence-electron chi connectivity index (χ2n) is 6.18. The molecule has 3 N–H and O–H groups in total. The van der Waals surface area contributed by atoms with Crippen LogP contribution in [0.5, 0.6) is 0 Å². The van der Waals surface area contributed by atoms with Gasteiger partial charge in [0.15, 0.2) is 0 Å². The Labute approximate surface area is 128 Å². The molecule has 2 rings (SSSR count). The summed E-state index contributed by atoms with van der Waals surface area (Å²) in [6.07, 6.45) is 7.53. The van der Waals surface area contributed by atoms with Crippen LogP contribution >= 0.6 is 0 Å². The molecule has 3 heteroatoms. The Kier molecular flexibility index (Phi) is 6.74. The van der Waals surface area contributed by atoms with Crippen molar-refractivity contribution in [1.82, 2.24) is 5.32 Å². The van der Waals surface area contributed by atoms with Gasteiger partial charge in [0.05, 0.1) is 0 Å². The Morgan fingerprint density at radius 1 is 1.14 bits per heavy atom. The molecule has 3 nitrogen and oxygen atoms in total. The zero-order valence-corrected chi connectivity index (χ0v) is 12.9. The molecule has 0 heterocycles. The molecule has 1 fully saturated rings. The number of carbonyl (C=O) groups is 1. The SMILES string of the molecule is NCC1CCCCC1CNC(=O)CCCc1ccccc1. The molecule has 0 radical (unpaired) electrons. The van der Waals surface area contributed by atoms with Crippen LogP contribution in [0.4, 0.5) is 0 Å². The van der Waals surface area contributed by atoms with E-state index in [4.69, 9.17) is 5.73 Å². The molecule has 1 aliphatic rings. The number of hydrogen-bond donors (Lipinski definition) is 2. The van der Waals surface area contributed by atoms with E-state index in [1.165, 1.54) is 31.2 Å². The zero-order chi connectivity index (χ0) is 14.9. The van der Waals surface area contributed by atoms with Crippen molar-refractivity contribution in [3.63, 3.8) is 0 Å². The van der Waals surface area contributed by atoms with Crippen molar-refractivity contribution in [2.45, 2.75) is 44.9 Å². The van der Waals surface area contributed by atoms with Gasteiger partial charge < -0.3 is 11.1 Å². The summed E-state index contributed by atoms with van der Waals surface area (Å²) < 4.78 is 0. The van der Waals surface area contributed by atoms with E-state index in [1.807, 2.05) is 18.2 Å². The van der Waals surface area contributed by atoms with Crippen LogP contribution in [0.25, 0.3) is 0 Å². The van der Waals surface area contributed by atoms with Gasteiger partial charge in [-0.15, -0.1) is 0 Å². The normalized spacial score (nSPS) is 22.0. The number of amides is 1. The third-order valence-corrected chi connectivity index (χ3v) is 4.64. The van der Waals surface area contributed by atoms with Crippen molar-refractivity contribution in [3.8, 4) is 0 Å². The van der Waals surface area contributed by atoms with E-state index in [-0.39, 0.29) is 5.91 Å². The highest BCUT2D eigenvalue weighted by Gasteiger charge is 2.23. The van der Waals surface area contributed by atoms with Crippen molar-refractivity contribution in [1.29, 1.82) is 0 Å². The molecule has 0 spiro atoms. The van der Waals surface area contributed by atoms with Gasteiger partial charge in [-0.2, -0.15) is 0 Å². The Balaban J connectivity index is 1.63. The average molecular weight is 288 g/mol. The highest BCUT2D eigenvalue weighted by Crippen LogP contribution is 2.28. The summed E-state index contributed by atoms with van der Waals surface area (Å²) in [5, 5.41) is 3.11. The fourth-order valence-corrected chi connectivity index (χ4v) is 3.29. The quantitative estimate of drug-likeness (QED) is 0.810. The Bertz CT molecular complexity index is 418. The van der Waals surface area contributed by atoms with Crippen molar-refractivity contribution in [3.05, 3.63) is 35.9 Å². The highest BCUT2D eigenvalue weighted by molar-refractivity contribution is 5.75. The molecule has 1 saturated carbocycles. The van der Waals surface area contributed by atoms with Crippen LogP contribution in [-0.4, -0.2) is 19.0 Å². The van der Waals surface area contributed by atoms with Gasteiger partial charge in [0, 0.05) is 13.0 Å². The third-order valence-electron chi connectivity index (χ3n) is 4.64. The van der Waals surface area contributed by atoms with Crippen LogP contribution in [0.15, 0.2) is 30.3 Å². The van der Waals surface area contributed by atoms with Gasteiger partial charge in [-0.05, 0) is 49.6 Å². The van der Waals surface area contributed by atoms with Crippen molar-refractivity contribution >= 4 is 5.91 Å². The standard InChI is InChI=1S/C18H28N2O/c19-13-16-10-4-5-11-17(16)14-20-18(21)12-6-9-15-7-2-1-3-8-15/h1-3,7-8,16-17H,4-6,9-14,19H2,(H,20,21). The fourth-order valence-electron chi connectivity index (χ4n) is 3.29. The lowest BCUT2D eigenvalue weighted by molar-refractivity contribution is -0.121. The summed E-state index contributed by atoms with van der Waals surface area (Å²) in [4.78, 5) is 11.9. The molecule has 21 heavy (non-hydrogen) atoms. The lowest BCUT2D eigenvalue weighted by atomic mass is 9.79. The lowest BCUT2D eigenvalue weighted by Crippen LogP contribution is -2.36. The molecule has 0 aromatic heterocycles. The van der Waals surface area contributed by atoms with Gasteiger partial charge in [0.25, 0.3) is 0 Å². The predicted molar refractivity (Wildman–Crippen MR) is 86.9 cm³/mol. The van der Waals surface area contributed by atoms with Crippen LogP contribution in [-0.2, 0) is 11.2 Å². The summed E-state index contributed by atoms with van der Waals surface area (Å²) >= 11 is 0. The number of nitrogens with two attached hydrogens (primary N) is 1. The predicted octanol–water partition coefficient (Wildman–Crippen LogP) is 2.89. The maximum absolute atomic E-state index is 11.9. The molecule has 116 valence electrons. The Morgan fingerprint density at radius 2 is 1.86 bits per heavy atom. The van der Waals surface area contributed by atoms with Crippen molar-refractivity contribution < 1.29 is 4.79 Å². The third kappa shape index (κ3) is 5.50. The van der Waals surface area contributed by atoms with E-state index in [0.717, 1.165) is 25.9 Å².